The lowest BCUT2D eigenvalue weighted by molar-refractivity contribution is -0.127. The molecule has 0 fully saturated rings. The van der Waals surface area contributed by atoms with Crippen molar-refractivity contribution in [2.45, 2.75) is 19.6 Å². The van der Waals surface area contributed by atoms with Gasteiger partial charge in [-0.05, 0) is 48.9 Å². The molecule has 0 aliphatic rings. The van der Waals surface area contributed by atoms with Crippen LogP contribution in [0.1, 0.15) is 18.1 Å². The molecule has 33 heavy (non-hydrogen) atoms. The maximum absolute atomic E-state index is 12.3. The molecule has 1 unspecified atom stereocenters. The third kappa shape index (κ3) is 6.89. The van der Waals surface area contributed by atoms with Crippen molar-refractivity contribution in [3.63, 3.8) is 0 Å². The summed E-state index contributed by atoms with van der Waals surface area (Å²) >= 11 is 6.18. The number of carbonyl (C=O) groups excluding carboxylic acids is 1. The van der Waals surface area contributed by atoms with Gasteiger partial charge in [0.05, 0.1) is 20.4 Å². The number of nitrogens with one attached hydrogen (secondary N) is 1. The van der Waals surface area contributed by atoms with Gasteiger partial charge in [0.15, 0.2) is 17.6 Å². The fourth-order valence-electron chi connectivity index (χ4n) is 2.85. The van der Waals surface area contributed by atoms with Crippen molar-refractivity contribution in [1.29, 1.82) is 0 Å². The van der Waals surface area contributed by atoms with Crippen LogP contribution in [0.5, 0.6) is 23.0 Å². The first-order valence-electron chi connectivity index (χ1n) is 10.2. The van der Waals surface area contributed by atoms with Crippen LogP contribution >= 0.6 is 11.6 Å². The second kappa shape index (κ2) is 11.8. The smallest absolute Gasteiger partial charge is 0.280 e. The van der Waals surface area contributed by atoms with E-state index in [1.54, 1.807) is 63.6 Å². The molecule has 0 spiro atoms. The summed E-state index contributed by atoms with van der Waals surface area (Å²) in [6, 6.07) is 19.8. The standard InChI is InChI=1S/C25H25ClN2O5/c1-17(33-21-9-6-8-20(14-21)30-2)25(29)28-27-15-18-11-12-23(24(13-18)31-3)32-16-19-7-4-5-10-22(19)26/h4-15,17H,16H2,1-3H3,(H,28,29)/b27-15+. The van der Waals surface area contributed by atoms with Crippen LogP contribution in [0.15, 0.2) is 71.8 Å². The summed E-state index contributed by atoms with van der Waals surface area (Å²) in [6.45, 7) is 1.95. The molecular formula is C25H25ClN2O5. The Bertz CT molecular complexity index is 1120. The molecule has 3 aromatic rings. The van der Waals surface area contributed by atoms with Gasteiger partial charge in [-0.2, -0.15) is 5.10 Å². The first kappa shape index (κ1) is 23.9. The van der Waals surface area contributed by atoms with E-state index >= 15 is 0 Å². The predicted molar refractivity (Wildman–Crippen MR) is 128 cm³/mol. The third-order valence-electron chi connectivity index (χ3n) is 4.64. The number of benzene rings is 3. The molecule has 0 aliphatic carbocycles. The van der Waals surface area contributed by atoms with Gasteiger partial charge in [0.1, 0.15) is 18.1 Å². The monoisotopic (exact) mass is 468 g/mol. The minimum atomic E-state index is -0.746. The molecule has 8 heteroatoms. The van der Waals surface area contributed by atoms with Gasteiger partial charge < -0.3 is 18.9 Å². The molecule has 3 rings (SSSR count). The zero-order chi connectivity index (χ0) is 23.6. The van der Waals surface area contributed by atoms with E-state index < -0.39 is 6.10 Å². The zero-order valence-electron chi connectivity index (χ0n) is 18.6. The zero-order valence-corrected chi connectivity index (χ0v) is 19.3. The average Bonchev–Trinajstić information content (AvgIpc) is 2.83. The topological polar surface area (TPSA) is 78.4 Å². The van der Waals surface area contributed by atoms with Crippen molar-refractivity contribution >= 4 is 23.7 Å². The number of rotatable bonds is 10. The molecule has 1 atom stereocenters. The summed E-state index contributed by atoms with van der Waals surface area (Å²) < 4.78 is 22.1. The van der Waals surface area contributed by atoms with Crippen LogP contribution in [0, 0.1) is 0 Å². The number of amides is 1. The largest absolute Gasteiger partial charge is 0.497 e. The minimum absolute atomic E-state index is 0.310. The lowest BCUT2D eigenvalue weighted by Crippen LogP contribution is -2.33. The lowest BCUT2D eigenvalue weighted by atomic mass is 10.2. The van der Waals surface area contributed by atoms with E-state index in [0.717, 1.165) is 11.1 Å². The fraction of sp³-hybridized carbons (Fsp3) is 0.200. The van der Waals surface area contributed by atoms with E-state index in [1.165, 1.54) is 6.21 Å². The van der Waals surface area contributed by atoms with Crippen LogP contribution in [0.2, 0.25) is 5.02 Å². The molecule has 0 radical (unpaired) electrons. The summed E-state index contributed by atoms with van der Waals surface area (Å²) in [6.07, 6.45) is 0.765. The van der Waals surface area contributed by atoms with Crippen LogP contribution in [0.4, 0.5) is 0 Å². The van der Waals surface area contributed by atoms with Crippen LogP contribution in [0.3, 0.4) is 0 Å². The lowest BCUT2D eigenvalue weighted by Gasteiger charge is -2.13. The number of hydrazone groups is 1. The van der Waals surface area contributed by atoms with Gasteiger partial charge in [-0.1, -0.05) is 35.9 Å². The van der Waals surface area contributed by atoms with E-state index in [2.05, 4.69) is 10.5 Å². The normalized spacial score (nSPS) is 11.6. The van der Waals surface area contributed by atoms with Crippen LogP contribution in [-0.4, -0.2) is 32.4 Å². The quantitative estimate of drug-likeness (QED) is 0.340. The number of methoxy groups -OCH3 is 2. The van der Waals surface area contributed by atoms with Crippen LogP contribution in [0.25, 0.3) is 0 Å². The Hall–Kier alpha value is -3.71. The first-order chi connectivity index (χ1) is 16.0. The molecule has 0 aromatic heterocycles. The molecule has 7 nitrogen and oxygen atoms in total. The maximum atomic E-state index is 12.3. The second-order valence-electron chi connectivity index (χ2n) is 6.96. The first-order valence-corrected chi connectivity index (χ1v) is 10.6. The van der Waals surface area contributed by atoms with Gasteiger partial charge in [-0.3, -0.25) is 4.79 Å². The van der Waals surface area contributed by atoms with Gasteiger partial charge in [-0.25, -0.2) is 5.43 Å². The number of carbonyl (C=O) groups is 1. The van der Waals surface area contributed by atoms with E-state index in [4.69, 9.17) is 30.5 Å². The summed E-state index contributed by atoms with van der Waals surface area (Å²) in [5.74, 6) is 1.89. The molecule has 172 valence electrons. The molecule has 1 amide bonds. The average molecular weight is 469 g/mol. The van der Waals surface area contributed by atoms with Crippen molar-refractivity contribution in [2.75, 3.05) is 14.2 Å². The summed E-state index contributed by atoms with van der Waals surface area (Å²) in [7, 11) is 3.12. The highest BCUT2D eigenvalue weighted by Crippen LogP contribution is 2.29. The Balaban J connectivity index is 1.56. The highest BCUT2D eigenvalue weighted by Gasteiger charge is 2.14. The van der Waals surface area contributed by atoms with E-state index in [-0.39, 0.29) is 5.91 Å². The Kier molecular flexibility index (Phi) is 8.55. The van der Waals surface area contributed by atoms with Gasteiger partial charge in [0.25, 0.3) is 5.91 Å². The molecule has 0 saturated carbocycles. The molecule has 3 aromatic carbocycles. The van der Waals surface area contributed by atoms with Crippen molar-refractivity contribution in [3.05, 3.63) is 82.9 Å². The highest BCUT2D eigenvalue weighted by atomic mass is 35.5. The number of hydrogen-bond donors (Lipinski definition) is 1. The van der Waals surface area contributed by atoms with Crippen LogP contribution < -0.4 is 24.4 Å². The SMILES string of the molecule is COc1cccc(OC(C)C(=O)N/N=C/c2ccc(OCc3ccccc3Cl)c(OC)c2)c1. The number of hydrogen-bond acceptors (Lipinski definition) is 6. The van der Waals surface area contributed by atoms with Crippen molar-refractivity contribution in [1.82, 2.24) is 5.43 Å². The third-order valence-corrected chi connectivity index (χ3v) is 5.01. The van der Waals surface area contributed by atoms with E-state index in [9.17, 15) is 4.79 Å². The molecular weight excluding hydrogens is 444 g/mol. The Labute approximate surface area is 197 Å². The van der Waals surface area contributed by atoms with Crippen LogP contribution in [-0.2, 0) is 11.4 Å². The van der Waals surface area contributed by atoms with Gasteiger partial charge in [0.2, 0.25) is 0 Å². The Morgan fingerprint density at radius 2 is 1.79 bits per heavy atom. The Morgan fingerprint density at radius 1 is 1.00 bits per heavy atom. The predicted octanol–water partition coefficient (Wildman–Crippen LogP) is 4.85. The number of halogens is 1. The van der Waals surface area contributed by atoms with E-state index in [0.29, 0.717) is 34.6 Å². The summed E-state index contributed by atoms with van der Waals surface area (Å²) in [5.41, 5.74) is 4.07. The van der Waals surface area contributed by atoms with Gasteiger partial charge in [-0.15, -0.1) is 0 Å². The number of ether oxygens (including phenoxy) is 4. The minimum Gasteiger partial charge on any atom is -0.497 e. The van der Waals surface area contributed by atoms with E-state index in [1.807, 2.05) is 24.3 Å². The Morgan fingerprint density at radius 3 is 2.55 bits per heavy atom. The van der Waals surface area contributed by atoms with Crippen molar-refractivity contribution in [3.8, 4) is 23.0 Å². The second-order valence-corrected chi connectivity index (χ2v) is 7.37. The molecule has 0 saturated heterocycles. The molecule has 0 heterocycles. The molecule has 0 aliphatic heterocycles. The highest BCUT2D eigenvalue weighted by molar-refractivity contribution is 6.31. The summed E-state index contributed by atoms with van der Waals surface area (Å²) in [4.78, 5) is 12.3. The van der Waals surface area contributed by atoms with Gasteiger partial charge >= 0.3 is 0 Å². The fourth-order valence-corrected chi connectivity index (χ4v) is 3.04. The number of nitrogens with zero attached hydrogens (tertiary/aromatic N) is 1. The maximum Gasteiger partial charge on any atom is 0.280 e. The molecule has 1 N–H and O–H groups in total. The van der Waals surface area contributed by atoms with Crippen molar-refractivity contribution in [2.24, 2.45) is 5.10 Å². The van der Waals surface area contributed by atoms with Crippen molar-refractivity contribution < 1.29 is 23.7 Å². The summed E-state index contributed by atoms with van der Waals surface area (Å²) in [5, 5.41) is 4.64. The molecule has 0 bridgehead atoms. The van der Waals surface area contributed by atoms with Gasteiger partial charge in [0, 0.05) is 16.7 Å².